The Balaban J connectivity index is 1.54. The third-order valence-electron chi connectivity index (χ3n) is 5.19. The standard InChI is InChI=1S/C22H28N4O5/c1-3-31-18-8-5-16(15-19(18)30-2)6-10-21(28)25-11-4-12-26(14-13-25)22(29)17-7-9-20(27)24-23-17/h5,7-9,15H,3-4,6,10-14H2,1-2H3,(H,24,27). The molecule has 31 heavy (non-hydrogen) atoms. The van der Waals surface area contributed by atoms with Crippen molar-refractivity contribution in [3.63, 3.8) is 0 Å². The minimum Gasteiger partial charge on any atom is -0.493 e. The van der Waals surface area contributed by atoms with Crippen LogP contribution in [0.1, 0.15) is 35.8 Å². The van der Waals surface area contributed by atoms with Crippen molar-refractivity contribution in [3.8, 4) is 11.5 Å². The van der Waals surface area contributed by atoms with Crippen LogP contribution in [0.3, 0.4) is 0 Å². The number of nitrogens with zero attached hydrogens (tertiary/aromatic N) is 3. The molecule has 166 valence electrons. The second-order valence-electron chi connectivity index (χ2n) is 7.25. The second kappa shape index (κ2) is 10.6. The van der Waals surface area contributed by atoms with Crippen molar-refractivity contribution < 1.29 is 19.1 Å². The molecule has 2 amide bonds. The number of hydrogen-bond donors (Lipinski definition) is 1. The van der Waals surface area contributed by atoms with E-state index in [-0.39, 0.29) is 23.1 Å². The van der Waals surface area contributed by atoms with Crippen LogP contribution in [0.5, 0.6) is 11.5 Å². The zero-order chi connectivity index (χ0) is 22.2. The SMILES string of the molecule is CCOc1ccc(CCC(=O)N2CCCN(C(=O)c3ccc(=O)[nH]n3)CC2)cc1OC. The maximum Gasteiger partial charge on any atom is 0.274 e. The summed E-state index contributed by atoms with van der Waals surface area (Å²) in [6.45, 7) is 4.52. The first-order valence-corrected chi connectivity index (χ1v) is 10.4. The minimum absolute atomic E-state index is 0.0596. The van der Waals surface area contributed by atoms with Crippen molar-refractivity contribution in [3.05, 3.63) is 51.9 Å². The van der Waals surface area contributed by atoms with Gasteiger partial charge in [-0.25, -0.2) is 5.10 Å². The van der Waals surface area contributed by atoms with Crippen molar-refractivity contribution in [2.24, 2.45) is 0 Å². The van der Waals surface area contributed by atoms with Crippen LogP contribution in [0.4, 0.5) is 0 Å². The number of aryl methyl sites for hydroxylation is 1. The molecule has 1 fully saturated rings. The monoisotopic (exact) mass is 428 g/mol. The Morgan fingerprint density at radius 3 is 2.55 bits per heavy atom. The van der Waals surface area contributed by atoms with Crippen molar-refractivity contribution in [2.45, 2.75) is 26.2 Å². The number of H-pyrrole nitrogens is 1. The second-order valence-corrected chi connectivity index (χ2v) is 7.25. The van der Waals surface area contributed by atoms with Crippen LogP contribution >= 0.6 is 0 Å². The van der Waals surface area contributed by atoms with Crippen LogP contribution in [0.25, 0.3) is 0 Å². The molecule has 3 rings (SSSR count). The topological polar surface area (TPSA) is 105 Å². The first-order valence-electron chi connectivity index (χ1n) is 10.4. The molecular weight excluding hydrogens is 400 g/mol. The Morgan fingerprint density at radius 1 is 1.06 bits per heavy atom. The van der Waals surface area contributed by atoms with E-state index in [4.69, 9.17) is 9.47 Å². The molecule has 0 aliphatic carbocycles. The van der Waals surface area contributed by atoms with Crippen molar-refractivity contribution in [2.75, 3.05) is 39.9 Å². The highest BCUT2D eigenvalue weighted by Gasteiger charge is 2.23. The first-order chi connectivity index (χ1) is 15.0. The molecule has 0 unspecified atom stereocenters. The summed E-state index contributed by atoms with van der Waals surface area (Å²) >= 11 is 0. The van der Waals surface area contributed by atoms with Gasteiger partial charge < -0.3 is 19.3 Å². The molecule has 1 aromatic heterocycles. The lowest BCUT2D eigenvalue weighted by Gasteiger charge is -2.22. The van der Waals surface area contributed by atoms with E-state index < -0.39 is 0 Å². The molecule has 0 atom stereocenters. The molecule has 2 heterocycles. The van der Waals surface area contributed by atoms with Gasteiger partial charge in [0, 0.05) is 38.7 Å². The summed E-state index contributed by atoms with van der Waals surface area (Å²) in [4.78, 5) is 40.0. The maximum absolute atomic E-state index is 12.7. The zero-order valence-electron chi connectivity index (χ0n) is 17.9. The third-order valence-corrected chi connectivity index (χ3v) is 5.19. The molecule has 1 saturated heterocycles. The van der Waals surface area contributed by atoms with Gasteiger partial charge >= 0.3 is 0 Å². The van der Waals surface area contributed by atoms with Gasteiger partial charge in [0.25, 0.3) is 11.5 Å². The van der Waals surface area contributed by atoms with E-state index in [0.717, 1.165) is 5.56 Å². The lowest BCUT2D eigenvalue weighted by atomic mass is 10.1. The fraction of sp³-hybridized carbons (Fsp3) is 0.455. The highest BCUT2D eigenvalue weighted by atomic mass is 16.5. The summed E-state index contributed by atoms with van der Waals surface area (Å²) in [5.74, 6) is 1.16. The zero-order valence-corrected chi connectivity index (χ0v) is 17.9. The highest BCUT2D eigenvalue weighted by Crippen LogP contribution is 2.28. The molecule has 1 aliphatic rings. The van der Waals surface area contributed by atoms with Gasteiger partial charge in [0.1, 0.15) is 5.69 Å². The fourth-order valence-corrected chi connectivity index (χ4v) is 3.55. The Kier molecular flexibility index (Phi) is 7.64. The predicted octanol–water partition coefficient (Wildman–Crippen LogP) is 1.48. The summed E-state index contributed by atoms with van der Waals surface area (Å²) in [5, 5.41) is 6.08. The van der Waals surface area contributed by atoms with E-state index in [9.17, 15) is 14.4 Å². The summed E-state index contributed by atoms with van der Waals surface area (Å²) in [6.07, 6.45) is 1.67. The molecule has 0 spiro atoms. The third kappa shape index (κ3) is 5.84. The molecule has 1 N–H and O–H groups in total. The quantitative estimate of drug-likeness (QED) is 0.716. The van der Waals surface area contributed by atoms with Gasteiger partial charge in [-0.2, -0.15) is 5.10 Å². The lowest BCUT2D eigenvalue weighted by Crippen LogP contribution is -2.38. The van der Waals surface area contributed by atoms with Crippen LogP contribution in [0, 0.1) is 0 Å². The number of carbonyl (C=O) groups excluding carboxylic acids is 2. The van der Waals surface area contributed by atoms with Gasteiger partial charge in [-0.05, 0) is 43.5 Å². The molecule has 2 aromatic rings. The molecule has 0 bridgehead atoms. The van der Waals surface area contributed by atoms with Gasteiger partial charge in [0.15, 0.2) is 11.5 Å². The van der Waals surface area contributed by atoms with E-state index in [1.54, 1.807) is 16.9 Å². The van der Waals surface area contributed by atoms with Gasteiger partial charge in [-0.1, -0.05) is 6.07 Å². The number of rotatable bonds is 7. The predicted molar refractivity (Wildman–Crippen MR) is 114 cm³/mol. The van der Waals surface area contributed by atoms with Crippen LogP contribution in [0.2, 0.25) is 0 Å². The van der Waals surface area contributed by atoms with E-state index in [1.807, 2.05) is 25.1 Å². The fourth-order valence-electron chi connectivity index (χ4n) is 3.55. The van der Waals surface area contributed by atoms with Crippen molar-refractivity contribution in [1.29, 1.82) is 0 Å². The van der Waals surface area contributed by atoms with Gasteiger partial charge in [-0.3, -0.25) is 14.4 Å². The average Bonchev–Trinajstić information content (AvgIpc) is 3.05. The molecule has 9 nitrogen and oxygen atoms in total. The number of nitrogens with one attached hydrogen (secondary N) is 1. The van der Waals surface area contributed by atoms with Gasteiger partial charge in [-0.15, -0.1) is 0 Å². The first kappa shape index (κ1) is 22.3. The number of amides is 2. The number of methoxy groups -OCH3 is 1. The number of benzene rings is 1. The van der Waals surface area contributed by atoms with Crippen molar-refractivity contribution >= 4 is 11.8 Å². The number of carbonyl (C=O) groups is 2. The molecule has 0 radical (unpaired) electrons. The Hall–Kier alpha value is -3.36. The molecular formula is C22H28N4O5. The van der Waals surface area contributed by atoms with Gasteiger partial charge in [0.2, 0.25) is 5.91 Å². The van der Waals surface area contributed by atoms with Crippen LogP contribution < -0.4 is 15.0 Å². The Morgan fingerprint density at radius 2 is 1.84 bits per heavy atom. The molecule has 1 aromatic carbocycles. The number of hydrogen-bond acceptors (Lipinski definition) is 6. The maximum atomic E-state index is 12.7. The number of ether oxygens (including phenoxy) is 2. The largest absolute Gasteiger partial charge is 0.493 e. The summed E-state index contributed by atoms with van der Waals surface area (Å²) < 4.78 is 10.9. The smallest absolute Gasteiger partial charge is 0.274 e. The summed E-state index contributed by atoms with van der Waals surface area (Å²) in [7, 11) is 1.60. The van der Waals surface area contributed by atoms with E-state index in [1.165, 1.54) is 12.1 Å². The highest BCUT2D eigenvalue weighted by molar-refractivity contribution is 5.92. The van der Waals surface area contributed by atoms with Gasteiger partial charge in [0.05, 0.1) is 13.7 Å². The molecule has 9 heteroatoms. The van der Waals surface area contributed by atoms with E-state index in [2.05, 4.69) is 10.2 Å². The normalized spacial score (nSPS) is 14.1. The molecule has 1 aliphatic heterocycles. The molecule has 0 saturated carbocycles. The van der Waals surface area contributed by atoms with E-state index in [0.29, 0.717) is 63.5 Å². The average molecular weight is 428 g/mol. The number of aromatic nitrogens is 2. The Labute approximate surface area is 181 Å². The Bertz CT molecular complexity index is 954. The van der Waals surface area contributed by atoms with E-state index >= 15 is 0 Å². The minimum atomic E-state index is -0.352. The lowest BCUT2D eigenvalue weighted by molar-refractivity contribution is -0.131. The summed E-state index contributed by atoms with van der Waals surface area (Å²) in [5.41, 5.74) is 0.850. The van der Waals surface area contributed by atoms with Crippen LogP contribution in [-0.2, 0) is 11.2 Å². The number of aromatic amines is 1. The van der Waals surface area contributed by atoms with Crippen molar-refractivity contribution in [1.82, 2.24) is 20.0 Å². The van der Waals surface area contributed by atoms with Crippen LogP contribution in [0.15, 0.2) is 35.1 Å². The van der Waals surface area contributed by atoms with Crippen LogP contribution in [-0.4, -0.2) is 71.7 Å². The summed E-state index contributed by atoms with van der Waals surface area (Å²) in [6, 6.07) is 8.41.